The van der Waals surface area contributed by atoms with Gasteiger partial charge in [-0.25, -0.2) is 4.98 Å². The van der Waals surface area contributed by atoms with Crippen LogP contribution in [0.15, 0.2) is 12.1 Å². The highest BCUT2D eigenvalue weighted by atomic mass is 16.3. The molecule has 0 spiro atoms. The van der Waals surface area contributed by atoms with Crippen molar-refractivity contribution in [2.75, 3.05) is 11.4 Å². The molecular weight excluding hydrogens is 224 g/mol. The van der Waals surface area contributed by atoms with Crippen LogP contribution >= 0.6 is 0 Å². The molecule has 0 radical (unpaired) electrons. The largest absolute Gasteiger partial charge is 0.392 e. The van der Waals surface area contributed by atoms with E-state index in [1.807, 2.05) is 12.1 Å². The summed E-state index contributed by atoms with van der Waals surface area (Å²) in [6.45, 7) is 5.57. The lowest BCUT2D eigenvalue weighted by molar-refractivity contribution is 0.281. The summed E-state index contributed by atoms with van der Waals surface area (Å²) in [5.41, 5.74) is 2.06. The minimum absolute atomic E-state index is 0.104. The van der Waals surface area contributed by atoms with E-state index >= 15 is 0 Å². The van der Waals surface area contributed by atoms with E-state index in [1.54, 1.807) is 0 Å². The zero-order valence-corrected chi connectivity index (χ0v) is 11.5. The SMILES string of the molecule is CCc1cc(CO)cc(N2CCCCC2CC)n1. The summed E-state index contributed by atoms with van der Waals surface area (Å²) in [5.74, 6) is 1.06. The first kappa shape index (κ1) is 13.3. The third-order valence-electron chi connectivity index (χ3n) is 3.86. The summed E-state index contributed by atoms with van der Waals surface area (Å²) < 4.78 is 0. The molecule has 1 fully saturated rings. The Morgan fingerprint density at radius 3 is 2.83 bits per heavy atom. The molecule has 3 heteroatoms. The van der Waals surface area contributed by atoms with E-state index in [-0.39, 0.29) is 6.61 Å². The number of anilines is 1. The van der Waals surface area contributed by atoms with E-state index in [0.29, 0.717) is 6.04 Å². The molecule has 0 aromatic carbocycles. The van der Waals surface area contributed by atoms with Crippen LogP contribution in [0.1, 0.15) is 50.8 Å². The average molecular weight is 248 g/mol. The highest BCUT2D eigenvalue weighted by Gasteiger charge is 2.22. The molecule has 1 N–H and O–H groups in total. The maximum atomic E-state index is 9.36. The predicted octanol–water partition coefficient (Wildman–Crippen LogP) is 2.91. The number of aliphatic hydroxyl groups is 1. The molecule has 1 aliphatic rings. The smallest absolute Gasteiger partial charge is 0.129 e. The van der Waals surface area contributed by atoms with Gasteiger partial charge in [-0.15, -0.1) is 0 Å². The topological polar surface area (TPSA) is 36.4 Å². The van der Waals surface area contributed by atoms with Crippen LogP contribution in [0.3, 0.4) is 0 Å². The molecule has 1 unspecified atom stereocenters. The van der Waals surface area contributed by atoms with Gasteiger partial charge < -0.3 is 10.0 Å². The van der Waals surface area contributed by atoms with Gasteiger partial charge in [-0.2, -0.15) is 0 Å². The van der Waals surface area contributed by atoms with Gasteiger partial charge in [0, 0.05) is 18.3 Å². The van der Waals surface area contributed by atoms with Gasteiger partial charge in [0.2, 0.25) is 0 Å². The van der Waals surface area contributed by atoms with Crippen LogP contribution in [0.5, 0.6) is 0 Å². The van der Waals surface area contributed by atoms with Gasteiger partial charge in [0.05, 0.1) is 6.61 Å². The summed E-state index contributed by atoms with van der Waals surface area (Å²) in [6.07, 6.45) is 5.94. The Morgan fingerprint density at radius 1 is 1.33 bits per heavy atom. The maximum Gasteiger partial charge on any atom is 0.129 e. The second-order valence-corrected chi connectivity index (χ2v) is 5.09. The van der Waals surface area contributed by atoms with Crippen molar-refractivity contribution >= 4 is 5.82 Å². The minimum atomic E-state index is 0.104. The van der Waals surface area contributed by atoms with Crippen molar-refractivity contribution in [2.45, 2.75) is 58.6 Å². The Bertz CT molecular complexity index is 370. The average Bonchev–Trinajstić information content (AvgIpc) is 2.46. The normalized spacial score (nSPS) is 20.2. The third-order valence-corrected chi connectivity index (χ3v) is 3.86. The van der Waals surface area contributed by atoms with Crippen molar-refractivity contribution in [1.82, 2.24) is 4.98 Å². The van der Waals surface area contributed by atoms with Crippen LogP contribution in [0.2, 0.25) is 0 Å². The zero-order chi connectivity index (χ0) is 13.0. The standard InChI is InChI=1S/C15H24N2O/c1-3-13-9-12(11-18)10-15(16-13)17-8-6-5-7-14(17)4-2/h9-10,14,18H,3-8,11H2,1-2H3. The molecule has 3 nitrogen and oxygen atoms in total. The van der Waals surface area contributed by atoms with Gasteiger partial charge in [-0.05, 0) is 49.8 Å². The number of pyridine rings is 1. The number of aromatic nitrogens is 1. The molecule has 0 bridgehead atoms. The van der Waals surface area contributed by atoms with E-state index in [9.17, 15) is 5.11 Å². The van der Waals surface area contributed by atoms with Gasteiger partial charge in [0.15, 0.2) is 0 Å². The van der Waals surface area contributed by atoms with Crippen molar-refractivity contribution in [1.29, 1.82) is 0 Å². The van der Waals surface area contributed by atoms with E-state index in [2.05, 4.69) is 18.7 Å². The highest BCUT2D eigenvalue weighted by molar-refractivity contribution is 5.44. The third kappa shape index (κ3) is 2.83. The molecule has 0 saturated carbocycles. The Kier molecular flexibility index (Phi) is 4.59. The first-order chi connectivity index (χ1) is 8.78. The van der Waals surface area contributed by atoms with Crippen molar-refractivity contribution in [3.63, 3.8) is 0 Å². The van der Waals surface area contributed by atoms with Gasteiger partial charge in [0.25, 0.3) is 0 Å². The summed E-state index contributed by atoms with van der Waals surface area (Å²) in [5, 5.41) is 9.36. The second-order valence-electron chi connectivity index (χ2n) is 5.09. The Hall–Kier alpha value is -1.09. The van der Waals surface area contributed by atoms with Crippen LogP contribution in [-0.4, -0.2) is 22.7 Å². The lowest BCUT2D eigenvalue weighted by atomic mass is 10.00. The summed E-state index contributed by atoms with van der Waals surface area (Å²) >= 11 is 0. The monoisotopic (exact) mass is 248 g/mol. The Morgan fingerprint density at radius 2 is 2.17 bits per heavy atom. The Balaban J connectivity index is 2.29. The molecule has 1 saturated heterocycles. The van der Waals surface area contributed by atoms with Crippen molar-refractivity contribution in [3.05, 3.63) is 23.4 Å². The number of hydrogen-bond acceptors (Lipinski definition) is 3. The predicted molar refractivity (Wildman–Crippen MR) is 74.8 cm³/mol. The van der Waals surface area contributed by atoms with E-state index in [1.165, 1.54) is 25.7 Å². The lowest BCUT2D eigenvalue weighted by Gasteiger charge is -2.36. The molecule has 1 aromatic heterocycles. The van der Waals surface area contributed by atoms with Crippen molar-refractivity contribution < 1.29 is 5.11 Å². The second kappa shape index (κ2) is 6.19. The molecule has 18 heavy (non-hydrogen) atoms. The molecule has 2 rings (SSSR count). The number of hydrogen-bond donors (Lipinski definition) is 1. The quantitative estimate of drug-likeness (QED) is 0.890. The van der Waals surface area contributed by atoms with Crippen LogP contribution in [-0.2, 0) is 13.0 Å². The molecular formula is C15H24N2O. The van der Waals surface area contributed by atoms with Gasteiger partial charge in [-0.1, -0.05) is 13.8 Å². The van der Waals surface area contributed by atoms with E-state index in [4.69, 9.17) is 4.98 Å². The molecule has 1 aliphatic heterocycles. The maximum absolute atomic E-state index is 9.36. The van der Waals surface area contributed by atoms with Crippen molar-refractivity contribution in [2.24, 2.45) is 0 Å². The number of piperidine rings is 1. The number of aryl methyl sites for hydroxylation is 1. The van der Waals surface area contributed by atoms with Gasteiger partial charge in [0.1, 0.15) is 5.82 Å². The Labute approximate surface area is 110 Å². The van der Waals surface area contributed by atoms with E-state index < -0.39 is 0 Å². The van der Waals surface area contributed by atoms with Gasteiger partial charge in [-0.3, -0.25) is 0 Å². The zero-order valence-electron chi connectivity index (χ0n) is 11.5. The summed E-state index contributed by atoms with van der Waals surface area (Å²) in [6, 6.07) is 4.67. The molecule has 0 amide bonds. The first-order valence-electron chi connectivity index (χ1n) is 7.15. The van der Waals surface area contributed by atoms with Crippen LogP contribution in [0.25, 0.3) is 0 Å². The summed E-state index contributed by atoms with van der Waals surface area (Å²) in [4.78, 5) is 7.17. The molecule has 0 aliphatic carbocycles. The van der Waals surface area contributed by atoms with Crippen LogP contribution < -0.4 is 4.90 Å². The van der Waals surface area contributed by atoms with Crippen LogP contribution in [0.4, 0.5) is 5.82 Å². The molecule has 100 valence electrons. The fraction of sp³-hybridized carbons (Fsp3) is 0.667. The fourth-order valence-electron chi connectivity index (χ4n) is 2.78. The number of rotatable bonds is 4. The lowest BCUT2D eigenvalue weighted by Crippen LogP contribution is -2.39. The van der Waals surface area contributed by atoms with E-state index in [0.717, 1.165) is 30.0 Å². The summed E-state index contributed by atoms with van der Waals surface area (Å²) in [7, 11) is 0. The number of aliphatic hydroxyl groups excluding tert-OH is 1. The molecule has 1 atom stereocenters. The molecule has 1 aromatic rings. The minimum Gasteiger partial charge on any atom is -0.392 e. The number of nitrogens with zero attached hydrogens (tertiary/aromatic N) is 2. The van der Waals surface area contributed by atoms with Crippen molar-refractivity contribution in [3.8, 4) is 0 Å². The van der Waals surface area contributed by atoms with Gasteiger partial charge >= 0.3 is 0 Å². The van der Waals surface area contributed by atoms with Crippen LogP contribution in [0, 0.1) is 0 Å². The fourth-order valence-corrected chi connectivity index (χ4v) is 2.78. The molecule has 2 heterocycles. The highest BCUT2D eigenvalue weighted by Crippen LogP contribution is 2.26. The first-order valence-corrected chi connectivity index (χ1v) is 7.15.